The van der Waals surface area contributed by atoms with Crippen LogP contribution in [0.2, 0.25) is 5.02 Å². The first-order valence-corrected chi connectivity index (χ1v) is 6.36. The minimum atomic E-state index is -0.875. The lowest BCUT2D eigenvalue weighted by Crippen LogP contribution is -2.01. The minimum absolute atomic E-state index is 0.434. The zero-order chi connectivity index (χ0) is 13.1. The van der Waals surface area contributed by atoms with Gasteiger partial charge in [0, 0.05) is 27.8 Å². The van der Waals surface area contributed by atoms with Crippen LogP contribution in [-0.4, -0.2) is 0 Å². The van der Waals surface area contributed by atoms with Crippen LogP contribution in [0.5, 0.6) is 0 Å². The Labute approximate surface area is 117 Å². The summed E-state index contributed by atoms with van der Waals surface area (Å²) in [5, 5.41) is 3.60. The van der Waals surface area contributed by atoms with Crippen molar-refractivity contribution < 1.29 is 8.78 Å². The van der Waals surface area contributed by atoms with Gasteiger partial charge in [-0.15, -0.1) is 0 Å². The van der Waals surface area contributed by atoms with E-state index in [2.05, 4.69) is 21.2 Å². The molecule has 0 amide bonds. The van der Waals surface area contributed by atoms with Crippen LogP contribution < -0.4 is 5.32 Å². The smallest absolute Gasteiger partial charge is 0.160 e. The van der Waals surface area contributed by atoms with Crippen molar-refractivity contribution in [2.45, 2.75) is 6.54 Å². The van der Waals surface area contributed by atoms with E-state index in [1.807, 2.05) is 12.1 Å². The summed E-state index contributed by atoms with van der Waals surface area (Å²) in [5.41, 5.74) is 1.38. The van der Waals surface area contributed by atoms with Crippen LogP contribution in [0.25, 0.3) is 0 Å². The van der Waals surface area contributed by atoms with Gasteiger partial charge < -0.3 is 5.32 Å². The molecule has 2 aromatic carbocycles. The molecular weight excluding hydrogens is 324 g/mol. The molecule has 0 aliphatic rings. The Balaban J connectivity index is 2.11. The minimum Gasteiger partial charge on any atom is -0.381 e. The number of anilines is 1. The molecule has 0 saturated heterocycles. The molecule has 0 aromatic heterocycles. The highest BCUT2D eigenvalue weighted by atomic mass is 79.9. The fourth-order valence-electron chi connectivity index (χ4n) is 1.48. The maximum absolute atomic E-state index is 13.0. The molecule has 0 radical (unpaired) electrons. The van der Waals surface area contributed by atoms with E-state index in [-0.39, 0.29) is 0 Å². The predicted octanol–water partition coefficient (Wildman–Crippen LogP) is 4.99. The number of hydrogen-bond acceptors (Lipinski definition) is 1. The molecule has 0 bridgehead atoms. The summed E-state index contributed by atoms with van der Waals surface area (Å²) in [6.07, 6.45) is 0. The molecule has 1 nitrogen and oxygen atoms in total. The van der Waals surface area contributed by atoms with Crippen LogP contribution in [0, 0.1) is 11.6 Å². The second-order valence-corrected chi connectivity index (χ2v) is 5.04. The number of hydrogen-bond donors (Lipinski definition) is 1. The lowest BCUT2D eigenvalue weighted by atomic mass is 10.2. The first kappa shape index (κ1) is 13.3. The third kappa shape index (κ3) is 3.21. The molecule has 0 heterocycles. The second-order valence-electron chi connectivity index (χ2n) is 3.72. The Morgan fingerprint density at radius 1 is 1.06 bits per heavy atom. The van der Waals surface area contributed by atoms with E-state index in [1.165, 1.54) is 6.07 Å². The number of benzene rings is 2. The molecule has 0 aliphatic carbocycles. The van der Waals surface area contributed by atoms with Crippen LogP contribution >= 0.6 is 27.5 Å². The van der Waals surface area contributed by atoms with Crippen molar-refractivity contribution in [2.24, 2.45) is 0 Å². The second kappa shape index (κ2) is 5.67. The summed E-state index contributed by atoms with van der Waals surface area (Å²) in [6, 6.07) is 9.15. The highest BCUT2D eigenvalue weighted by Gasteiger charge is 2.04. The molecule has 0 saturated carbocycles. The van der Waals surface area contributed by atoms with Crippen LogP contribution in [0.15, 0.2) is 40.9 Å². The van der Waals surface area contributed by atoms with Gasteiger partial charge in [0.1, 0.15) is 0 Å². The first-order chi connectivity index (χ1) is 8.56. The van der Waals surface area contributed by atoms with Crippen molar-refractivity contribution in [3.8, 4) is 0 Å². The maximum Gasteiger partial charge on any atom is 0.160 e. The molecule has 0 unspecified atom stereocenters. The summed E-state index contributed by atoms with van der Waals surface area (Å²) in [7, 11) is 0. The Morgan fingerprint density at radius 2 is 1.83 bits per heavy atom. The van der Waals surface area contributed by atoms with E-state index >= 15 is 0 Å². The summed E-state index contributed by atoms with van der Waals surface area (Å²) in [5.74, 6) is -1.73. The Morgan fingerprint density at radius 3 is 2.56 bits per heavy atom. The fourth-order valence-corrected chi connectivity index (χ4v) is 2.08. The highest BCUT2D eigenvalue weighted by Crippen LogP contribution is 2.22. The lowest BCUT2D eigenvalue weighted by molar-refractivity contribution is 0.509. The zero-order valence-corrected chi connectivity index (χ0v) is 11.5. The van der Waals surface area contributed by atoms with E-state index in [0.717, 1.165) is 22.2 Å². The van der Waals surface area contributed by atoms with Crippen molar-refractivity contribution in [3.63, 3.8) is 0 Å². The molecule has 18 heavy (non-hydrogen) atoms. The van der Waals surface area contributed by atoms with E-state index in [0.29, 0.717) is 17.3 Å². The van der Waals surface area contributed by atoms with Crippen molar-refractivity contribution in [2.75, 3.05) is 5.32 Å². The van der Waals surface area contributed by atoms with Gasteiger partial charge in [-0.2, -0.15) is 0 Å². The molecule has 0 fully saturated rings. The van der Waals surface area contributed by atoms with Crippen LogP contribution in [0.1, 0.15) is 5.56 Å². The molecule has 0 atom stereocenters. The standard InChI is InChI=1S/C13H9BrClF2N/c14-9-1-3-11(15)8(5-9)7-18-10-2-4-12(16)13(17)6-10/h1-6,18H,7H2. The van der Waals surface area contributed by atoms with Gasteiger partial charge in [-0.25, -0.2) is 8.78 Å². The fraction of sp³-hybridized carbons (Fsp3) is 0.0769. The summed E-state index contributed by atoms with van der Waals surface area (Å²) >= 11 is 9.37. The van der Waals surface area contributed by atoms with E-state index in [4.69, 9.17) is 11.6 Å². The van der Waals surface area contributed by atoms with Gasteiger partial charge in [0.05, 0.1) is 0 Å². The monoisotopic (exact) mass is 331 g/mol. The summed E-state index contributed by atoms with van der Waals surface area (Å²) in [6.45, 7) is 0.434. The van der Waals surface area contributed by atoms with Crippen LogP contribution in [-0.2, 0) is 6.54 Å². The Kier molecular flexibility index (Phi) is 4.19. The third-order valence-electron chi connectivity index (χ3n) is 2.41. The van der Waals surface area contributed by atoms with E-state index < -0.39 is 11.6 Å². The quantitative estimate of drug-likeness (QED) is 0.834. The molecule has 94 valence electrons. The molecule has 0 aliphatic heterocycles. The maximum atomic E-state index is 13.0. The lowest BCUT2D eigenvalue weighted by Gasteiger charge is -2.09. The van der Waals surface area contributed by atoms with Crippen molar-refractivity contribution in [3.05, 3.63) is 63.1 Å². The molecule has 0 spiro atoms. The van der Waals surface area contributed by atoms with Gasteiger partial charge in [-0.1, -0.05) is 27.5 Å². The molecular formula is C13H9BrClF2N. The van der Waals surface area contributed by atoms with Gasteiger partial charge in [0.2, 0.25) is 0 Å². The van der Waals surface area contributed by atoms with E-state index in [9.17, 15) is 8.78 Å². The van der Waals surface area contributed by atoms with Gasteiger partial charge >= 0.3 is 0 Å². The zero-order valence-electron chi connectivity index (χ0n) is 9.18. The Hall–Kier alpha value is -1.13. The first-order valence-electron chi connectivity index (χ1n) is 5.19. The van der Waals surface area contributed by atoms with Crippen LogP contribution in [0.3, 0.4) is 0 Å². The van der Waals surface area contributed by atoms with Crippen molar-refractivity contribution in [1.82, 2.24) is 0 Å². The molecule has 1 N–H and O–H groups in total. The van der Waals surface area contributed by atoms with Gasteiger partial charge in [0.15, 0.2) is 11.6 Å². The van der Waals surface area contributed by atoms with Crippen molar-refractivity contribution >= 4 is 33.2 Å². The SMILES string of the molecule is Fc1ccc(NCc2cc(Br)ccc2Cl)cc1F. The summed E-state index contributed by atoms with van der Waals surface area (Å²) < 4.78 is 26.7. The molecule has 2 aromatic rings. The van der Waals surface area contributed by atoms with Gasteiger partial charge in [0.25, 0.3) is 0 Å². The van der Waals surface area contributed by atoms with Crippen LogP contribution in [0.4, 0.5) is 14.5 Å². The van der Waals surface area contributed by atoms with E-state index in [1.54, 1.807) is 6.07 Å². The topological polar surface area (TPSA) is 12.0 Å². The Bertz CT molecular complexity index is 575. The average Bonchev–Trinajstić information content (AvgIpc) is 2.34. The molecule has 5 heteroatoms. The number of rotatable bonds is 3. The third-order valence-corrected chi connectivity index (χ3v) is 3.27. The van der Waals surface area contributed by atoms with Gasteiger partial charge in [-0.05, 0) is 35.9 Å². The normalized spacial score (nSPS) is 10.4. The molecule has 2 rings (SSSR count). The largest absolute Gasteiger partial charge is 0.381 e. The van der Waals surface area contributed by atoms with Gasteiger partial charge in [-0.3, -0.25) is 0 Å². The average molecular weight is 333 g/mol. The predicted molar refractivity (Wildman–Crippen MR) is 72.8 cm³/mol. The number of halogens is 4. The highest BCUT2D eigenvalue weighted by molar-refractivity contribution is 9.10. The number of nitrogens with one attached hydrogen (secondary N) is 1. The van der Waals surface area contributed by atoms with Crippen molar-refractivity contribution in [1.29, 1.82) is 0 Å². The summed E-state index contributed by atoms with van der Waals surface area (Å²) in [4.78, 5) is 0.